The smallest absolute Gasteiger partial charge is 0.319 e. The SMILES string of the molecule is O=C(Nc1ccc(Oc2ccc(NC(=O)NC3C=CS(=O)(=O)C3)cc2)cc1)NC1C=CS(=O)(=O)C1. The molecule has 184 valence electrons. The van der Waals surface area contributed by atoms with Crippen LogP contribution < -0.4 is 26.0 Å². The van der Waals surface area contributed by atoms with Crippen LogP contribution in [0.3, 0.4) is 0 Å². The third-order valence-corrected chi connectivity index (χ3v) is 7.74. The molecule has 0 bridgehead atoms. The summed E-state index contributed by atoms with van der Waals surface area (Å²) >= 11 is 0. The van der Waals surface area contributed by atoms with E-state index in [4.69, 9.17) is 4.74 Å². The molecule has 0 spiro atoms. The summed E-state index contributed by atoms with van der Waals surface area (Å²) in [6.45, 7) is 0. The number of sulfone groups is 2. The van der Waals surface area contributed by atoms with Crippen LogP contribution in [-0.4, -0.2) is 52.5 Å². The lowest BCUT2D eigenvalue weighted by Crippen LogP contribution is -2.38. The lowest BCUT2D eigenvalue weighted by Gasteiger charge is -2.13. The Morgan fingerprint density at radius 1 is 0.657 bits per heavy atom. The van der Waals surface area contributed by atoms with Crippen LogP contribution >= 0.6 is 0 Å². The van der Waals surface area contributed by atoms with Gasteiger partial charge in [-0.2, -0.15) is 0 Å². The Balaban J connectivity index is 1.24. The van der Waals surface area contributed by atoms with Gasteiger partial charge in [0.2, 0.25) is 0 Å². The molecule has 4 rings (SSSR count). The molecule has 2 aromatic rings. The zero-order valence-corrected chi connectivity index (χ0v) is 19.8. The quantitative estimate of drug-likeness (QED) is 0.457. The molecule has 2 aromatic carbocycles. The molecule has 0 saturated carbocycles. The maximum Gasteiger partial charge on any atom is 0.319 e. The van der Waals surface area contributed by atoms with Crippen LogP contribution in [0.5, 0.6) is 11.5 Å². The molecular weight excluding hydrogens is 496 g/mol. The van der Waals surface area contributed by atoms with Crippen LogP contribution in [0.15, 0.2) is 71.5 Å². The first kappa shape index (κ1) is 24.3. The summed E-state index contributed by atoms with van der Waals surface area (Å²) < 4.78 is 51.4. The number of urea groups is 2. The summed E-state index contributed by atoms with van der Waals surface area (Å²) in [6.07, 6.45) is 2.86. The van der Waals surface area contributed by atoms with E-state index in [1.165, 1.54) is 12.2 Å². The van der Waals surface area contributed by atoms with Crippen molar-refractivity contribution in [1.29, 1.82) is 0 Å². The number of hydrogen-bond acceptors (Lipinski definition) is 7. The van der Waals surface area contributed by atoms with Gasteiger partial charge >= 0.3 is 12.1 Å². The first-order valence-electron chi connectivity index (χ1n) is 10.4. The van der Waals surface area contributed by atoms with Gasteiger partial charge in [-0.15, -0.1) is 0 Å². The van der Waals surface area contributed by atoms with E-state index < -0.39 is 43.8 Å². The van der Waals surface area contributed by atoms with Crippen molar-refractivity contribution in [3.8, 4) is 11.5 Å². The Hall–Kier alpha value is -3.84. The molecule has 11 nitrogen and oxygen atoms in total. The summed E-state index contributed by atoms with van der Waals surface area (Å²) in [5.41, 5.74) is 0.991. The van der Waals surface area contributed by atoms with E-state index in [0.29, 0.717) is 22.9 Å². The molecule has 13 heteroatoms. The van der Waals surface area contributed by atoms with Gasteiger partial charge in [0.15, 0.2) is 19.7 Å². The predicted octanol–water partition coefficient (Wildman–Crippen LogP) is 2.34. The van der Waals surface area contributed by atoms with E-state index in [1.807, 2.05) is 0 Å². The van der Waals surface area contributed by atoms with Crippen molar-refractivity contribution in [3.05, 3.63) is 71.5 Å². The lowest BCUT2D eigenvalue weighted by molar-refractivity contribution is 0.250. The maximum atomic E-state index is 12.0. The van der Waals surface area contributed by atoms with Gasteiger partial charge in [0.05, 0.1) is 23.6 Å². The monoisotopic (exact) mass is 518 g/mol. The third-order valence-electron chi connectivity index (χ3n) is 4.95. The fourth-order valence-electron chi connectivity index (χ4n) is 3.35. The van der Waals surface area contributed by atoms with E-state index in [9.17, 15) is 26.4 Å². The van der Waals surface area contributed by atoms with Crippen LogP contribution in [0, 0.1) is 0 Å². The Labute approximate surface area is 202 Å². The summed E-state index contributed by atoms with van der Waals surface area (Å²) in [5, 5.41) is 12.6. The highest BCUT2D eigenvalue weighted by Gasteiger charge is 2.24. The highest BCUT2D eigenvalue weighted by Crippen LogP contribution is 2.24. The minimum Gasteiger partial charge on any atom is -0.457 e. The first-order chi connectivity index (χ1) is 16.6. The number of carbonyl (C=O) groups is 2. The summed E-state index contributed by atoms with van der Waals surface area (Å²) in [4.78, 5) is 24.1. The minimum atomic E-state index is -3.25. The van der Waals surface area contributed by atoms with Gasteiger partial charge in [-0.25, -0.2) is 26.4 Å². The summed E-state index contributed by atoms with van der Waals surface area (Å²) in [7, 11) is -6.51. The van der Waals surface area contributed by atoms with Crippen molar-refractivity contribution >= 4 is 43.1 Å². The van der Waals surface area contributed by atoms with E-state index in [0.717, 1.165) is 10.8 Å². The van der Waals surface area contributed by atoms with Crippen molar-refractivity contribution in [2.75, 3.05) is 22.1 Å². The minimum absolute atomic E-state index is 0.158. The third kappa shape index (κ3) is 7.07. The molecule has 2 unspecified atom stereocenters. The number of amides is 4. The number of hydrogen-bond donors (Lipinski definition) is 4. The van der Waals surface area contributed by atoms with Crippen LogP contribution in [0.1, 0.15) is 0 Å². The van der Waals surface area contributed by atoms with Gasteiger partial charge in [-0.05, 0) is 60.7 Å². The van der Waals surface area contributed by atoms with Gasteiger partial charge in [0.1, 0.15) is 11.5 Å². The standard InChI is InChI=1S/C22H22N4O7S2/c27-21(25-17-9-11-34(29,30)13-17)23-15-1-5-19(6-2-15)33-20-7-3-16(4-8-20)24-22(28)26-18-10-12-35(31,32)14-18/h1-12,17-18H,13-14H2,(H2,23,25,27)(H2,24,26,28). The van der Waals surface area contributed by atoms with Crippen molar-refractivity contribution in [2.24, 2.45) is 0 Å². The van der Waals surface area contributed by atoms with E-state index in [1.54, 1.807) is 48.5 Å². The molecule has 0 radical (unpaired) electrons. The van der Waals surface area contributed by atoms with E-state index in [2.05, 4.69) is 21.3 Å². The van der Waals surface area contributed by atoms with Gasteiger partial charge in [0.25, 0.3) is 0 Å². The van der Waals surface area contributed by atoms with Crippen molar-refractivity contribution in [3.63, 3.8) is 0 Å². The number of carbonyl (C=O) groups excluding carboxylic acids is 2. The zero-order chi connectivity index (χ0) is 25.1. The molecule has 2 aliphatic rings. The fraction of sp³-hybridized carbons (Fsp3) is 0.182. The molecule has 2 atom stereocenters. The first-order valence-corrected chi connectivity index (χ1v) is 13.8. The predicted molar refractivity (Wildman–Crippen MR) is 131 cm³/mol. The normalized spacial score (nSPS) is 21.3. The molecule has 0 fully saturated rings. The highest BCUT2D eigenvalue weighted by molar-refractivity contribution is 7.94. The second kappa shape index (κ2) is 9.80. The second-order valence-electron chi connectivity index (χ2n) is 7.88. The van der Waals surface area contributed by atoms with E-state index in [-0.39, 0.29) is 11.5 Å². The Kier molecular flexibility index (Phi) is 6.80. The van der Waals surface area contributed by atoms with Gasteiger partial charge < -0.3 is 26.0 Å². The number of rotatable bonds is 6. The van der Waals surface area contributed by atoms with Crippen molar-refractivity contribution < 1.29 is 31.2 Å². The molecule has 4 amide bonds. The molecule has 4 N–H and O–H groups in total. The van der Waals surface area contributed by atoms with Gasteiger partial charge in [-0.3, -0.25) is 0 Å². The molecular formula is C22H22N4O7S2. The average Bonchev–Trinajstić information content (AvgIpc) is 3.30. The second-order valence-corrected chi connectivity index (χ2v) is 11.7. The Morgan fingerprint density at radius 2 is 1.03 bits per heavy atom. The topological polar surface area (TPSA) is 160 Å². The summed E-state index contributed by atoms with van der Waals surface area (Å²) in [5.74, 6) is 0.699. The number of benzene rings is 2. The number of ether oxygens (including phenoxy) is 1. The van der Waals surface area contributed by atoms with Crippen LogP contribution in [0.4, 0.5) is 21.0 Å². The Bertz CT molecular complexity index is 1280. The van der Waals surface area contributed by atoms with Crippen LogP contribution in [0.25, 0.3) is 0 Å². The molecule has 2 heterocycles. The zero-order valence-electron chi connectivity index (χ0n) is 18.2. The Morgan fingerprint density at radius 3 is 1.34 bits per heavy atom. The van der Waals surface area contributed by atoms with Gasteiger partial charge in [0, 0.05) is 22.2 Å². The van der Waals surface area contributed by atoms with Crippen molar-refractivity contribution in [1.82, 2.24) is 10.6 Å². The summed E-state index contributed by atoms with van der Waals surface area (Å²) in [6, 6.07) is 11.0. The molecule has 35 heavy (non-hydrogen) atoms. The lowest BCUT2D eigenvalue weighted by atomic mass is 10.3. The van der Waals surface area contributed by atoms with Gasteiger partial charge in [-0.1, -0.05) is 0 Å². The van der Waals surface area contributed by atoms with Crippen molar-refractivity contribution in [2.45, 2.75) is 12.1 Å². The van der Waals surface area contributed by atoms with Crippen LogP contribution in [0.2, 0.25) is 0 Å². The molecule has 2 aliphatic heterocycles. The molecule has 0 saturated heterocycles. The average molecular weight is 519 g/mol. The highest BCUT2D eigenvalue weighted by atomic mass is 32.2. The maximum absolute atomic E-state index is 12.0. The number of anilines is 2. The molecule has 0 aromatic heterocycles. The number of nitrogens with one attached hydrogen (secondary N) is 4. The van der Waals surface area contributed by atoms with Crippen LogP contribution in [-0.2, 0) is 19.7 Å². The fourth-order valence-corrected chi connectivity index (χ4v) is 5.82. The largest absolute Gasteiger partial charge is 0.457 e. The molecule has 0 aliphatic carbocycles. The van der Waals surface area contributed by atoms with E-state index >= 15 is 0 Å².